The maximum absolute atomic E-state index is 5.66. The summed E-state index contributed by atoms with van der Waals surface area (Å²) < 4.78 is 5.66. The minimum Gasteiger partial charge on any atom is -0.381 e. The smallest absolute Gasteiger partial charge is 0.191 e. The Morgan fingerprint density at radius 3 is 2.21 bits per heavy atom. The molecule has 0 aromatic heterocycles. The fourth-order valence-corrected chi connectivity index (χ4v) is 4.89. The first kappa shape index (κ1) is 24.2. The first-order valence-electron chi connectivity index (χ1n) is 11.3. The molecule has 3 aliphatic rings. The summed E-state index contributed by atoms with van der Waals surface area (Å²) in [6.07, 6.45) is 11.7. The molecule has 0 unspecified atom stereocenters. The molecule has 7 heteroatoms. The summed E-state index contributed by atoms with van der Waals surface area (Å²) in [5, 5.41) is 7.17. The highest BCUT2D eigenvalue weighted by molar-refractivity contribution is 14.0. The summed E-state index contributed by atoms with van der Waals surface area (Å²) in [4.78, 5) is 9.80. The number of rotatable bonds is 7. The van der Waals surface area contributed by atoms with Crippen molar-refractivity contribution in [2.75, 3.05) is 66.1 Å². The third kappa shape index (κ3) is 7.29. The van der Waals surface area contributed by atoms with Crippen LogP contribution in [0.4, 0.5) is 0 Å². The van der Waals surface area contributed by atoms with Crippen molar-refractivity contribution in [3.63, 3.8) is 0 Å². The van der Waals surface area contributed by atoms with E-state index in [9.17, 15) is 0 Å². The van der Waals surface area contributed by atoms with E-state index in [0.29, 0.717) is 0 Å². The molecule has 0 aliphatic carbocycles. The molecule has 3 fully saturated rings. The van der Waals surface area contributed by atoms with Gasteiger partial charge in [0.2, 0.25) is 0 Å². The zero-order valence-corrected chi connectivity index (χ0v) is 20.2. The van der Waals surface area contributed by atoms with E-state index in [0.717, 1.165) is 45.1 Å². The van der Waals surface area contributed by atoms with Gasteiger partial charge < -0.3 is 20.3 Å². The SMILES string of the molecule is CN=C(NCCCN1CCCCCC1)NCC1(N2CCCC2)CCOCC1.I. The molecule has 0 spiro atoms. The average molecular weight is 508 g/mol. The quantitative estimate of drug-likeness (QED) is 0.240. The second-order valence-electron chi connectivity index (χ2n) is 8.49. The van der Waals surface area contributed by atoms with Crippen LogP contribution in [0.5, 0.6) is 0 Å². The predicted molar refractivity (Wildman–Crippen MR) is 128 cm³/mol. The molecule has 3 aliphatic heterocycles. The lowest BCUT2D eigenvalue weighted by atomic mass is 9.88. The van der Waals surface area contributed by atoms with Crippen LogP contribution in [0.3, 0.4) is 0 Å². The van der Waals surface area contributed by atoms with Gasteiger partial charge in [0.25, 0.3) is 0 Å². The Morgan fingerprint density at radius 2 is 1.57 bits per heavy atom. The van der Waals surface area contributed by atoms with Crippen LogP contribution in [-0.4, -0.2) is 87.4 Å². The highest BCUT2D eigenvalue weighted by Gasteiger charge is 2.39. The van der Waals surface area contributed by atoms with Gasteiger partial charge >= 0.3 is 0 Å². The molecule has 0 amide bonds. The lowest BCUT2D eigenvalue weighted by molar-refractivity contribution is -0.0164. The van der Waals surface area contributed by atoms with Crippen molar-refractivity contribution in [2.45, 2.75) is 63.3 Å². The number of aliphatic imine (C=N–C) groups is 1. The summed E-state index contributed by atoms with van der Waals surface area (Å²) in [7, 11) is 1.89. The van der Waals surface area contributed by atoms with Crippen molar-refractivity contribution in [3.8, 4) is 0 Å². The topological polar surface area (TPSA) is 52.1 Å². The average Bonchev–Trinajstić information content (AvgIpc) is 3.14. The lowest BCUT2D eigenvalue weighted by Gasteiger charge is -2.45. The van der Waals surface area contributed by atoms with Gasteiger partial charge in [-0.3, -0.25) is 9.89 Å². The molecule has 0 saturated carbocycles. The van der Waals surface area contributed by atoms with Crippen molar-refractivity contribution < 1.29 is 4.74 Å². The second kappa shape index (κ2) is 13.2. The molecule has 3 heterocycles. The minimum atomic E-state index is 0. The Kier molecular flexibility index (Phi) is 11.4. The molecule has 2 N–H and O–H groups in total. The molecule has 0 atom stereocenters. The van der Waals surface area contributed by atoms with Crippen molar-refractivity contribution in [3.05, 3.63) is 0 Å². The van der Waals surface area contributed by atoms with Crippen LogP contribution in [0.1, 0.15) is 57.8 Å². The molecule has 0 aromatic carbocycles. The fraction of sp³-hybridized carbons (Fsp3) is 0.952. The van der Waals surface area contributed by atoms with Crippen LogP contribution in [0.2, 0.25) is 0 Å². The Labute approximate surface area is 189 Å². The van der Waals surface area contributed by atoms with Gasteiger partial charge in [0.05, 0.1) is 0 Å². The summed E-state index contributed by atoms with van der Waals surface area (Å²) in [5.41, 5.74) is 0.248. The van der Waals surface area contributed by atoms with E-state index < -0.39 is 0 Å². The van der Waals surface area contributed by atoms with Crippen LogP contribution in [0.25, 0.3) is 0 Å². The molecule has 28 heavy (non-hydrogen) atoms. The van der Waals surface area contributed by atoms with E-state index in [1.165, 1.54) is 77.7 Å². The molecular formula is C21H42IN5O. The van der Waals surface area contributed by atoms with E-state index in [4.69, 9.17) is 4.74 Å². The molecule has 3 rings (SSSR count). The van der Waals surface area contributed by atoms with Gasteiger partial charge in [-0.1, -0.05) is 12.8 Å². The zero-order valence-electron chi connectivity index (χ0n) is 17.9. The number of likely N-dealkylation sites (tertiary alicyclic amines) is 2. The molecule has 3 saturated heterocycles. The molecule has 164 valence electrons. The summed E-state index contributed by atoms with van der Waals surface area (Å²) in [5.74, 6) is 0.955. The van der Waals surface area contributed by atoms with Gasteiger partial charge in [0.15, 0.2) is 5.96 Å². The van der Waals surface area contributed by atoms with Crippen molar-refractivity contribution in [1.29, 1.82) is 0 Å². The van der Waals surface area contributed by atoms with Crippen LogP contribution < -0.4 is 10.6 Å². The Bertz CT molecular complexity index is 442. The zero-order chi connectivity index (χ0) is 18.8. The Balaban J connectivity index is 0.00000280. The molecule has 0 radical (unpaired) electrons. The monoisotopic (exact) mass is 507 g/mol. The van der Waals surface area contributed by atoms with Crippen LogP contribution in [0, 0.1) is 0 Å². The number of nitrogens with zero attached hydrogens (tertiary/aromatic N) is 3. The number of hydrogen-bond donors (Lipinski definition) is 2. The van der Waals surface area contributed by atoms with Crippen LogP contribution >= 0.6 is 24.0 Å². The normalized spacial score (nSPS) is 24.4. The number of halogens is 1. The molecule has 6 nitrogen and oxygen atoms in total. The van der Waals surface area contributed by atoms with E-state index in [2.05, 4.69) is 25.4 Å². The number of ether oxygens (including phenoxy) is 1. The summed E-state index contributed by atoms with van der Waals surface area (Å²) in [6, 6.07) is 0. The standard InChI is InChI=1S/C21H41N5O.HI/c1-22-20(23-11-8-14-25-12-4-2-3-5-13-25)24-19-21(9-17-27-18-10-21)26-15-6-7-16-26;/h2-19H2,1H3,(H2,22,23,24);1H. The largest absolute Gasteiger partial charge is 0.381 e. The van der Waals surface area contributed by atoms with Gasteiger partial charge in [-0.05, 0) is 77.7 Å². The second-order valence-corrected chi connectivity index (χ2v) is 8.49. The molecule has 0 aromatic rings. The van der Waals surface area contributed by atoms with Gasteiger partial charge in [-0.2, -0.15) is 0 Å². The van der Waals surface area contributed by atoms with E-state index >= 15 is 0 Å². The summed E-state index contributed by atoms with van der Waals surface area (Å²) >= 11 is 0. The predicted octanol–water partition coefficient (Wildman–Crippen LogP) is 2.68. The number of nitrogens with one attached hydrogen (secondary N) is 2. The van der Waals surface area contributed by atoms with E-state index in [1.54, 1.807) is 0 Å². The van der Waals surface area contributed by atoms with Crippen LogP contribution in [-0.2, 0) is 4.74 Å². The fourth-order valence-electron chi connectivity index (χ4n) is 4.89. The highest BCUT2D eigenvalue weighted by atomic mass is 127. The number of hydrogen-bond acceptors (Lipinski definition) is 4. The van der Waals surface area contributed by atoms with Gasteiger partial charge in [-0.15, -0.1) is 24.0 Å². The highest BCUT2D eigenvalue weighted by Crippen LogP contribution is 2.30. The van der Waals surface area contributed by atoms with E-state index in [-0.39, 0.29) is 29.5 Å². The van der Waals surface area contributed by atoms with Gasteiger partial charge in [0.1, 0.15) is 0 Å². The van der Waals surface area contributed by atoms with Crippen molar-refractivity contribution in [1.82, 2.24) is 20.4 Å². The summed E-state index contributed by atoms with van der Waals surface area (Å²) in [6.45, 7) is 10.0. The van der Waals surface area contributed by atoms with E-state index in [1.807, 2.05) is 7.05 Å². The minimum absolute atomic E-state index is 0. The van der Waals surface area contributed by atoms with Crippen molar-refractivity contribution >= 4 is 29.9 Å². The maximum Gasteiger partial charge on any atom is 0.191 e. The Hall–Kier alpha value is -0.120. The molecular weight excluding hydrogens is 465 g/mol. The van der Waals surface area contributed by atoms with Gasteiger partial charge in [0, 0.05) is 38.9 Å². The van der Waals surface area contributed by atoms with Crippen LogP contribution in [0.15, 0.2) is 4.99 Å². The molecule has 0 bridgehead atoms. The first-order valence-corrected chi connectivity index (χ1v) is 11.3. The first-order chi connectivity index (χ1) is 13.3. The third-order valence-corrected chi connectivity index (χ3v) is 6.65. The third-order valence-electron chi connectivity index (χ3n) is 6.65. The number of guanidine groups is 1. The lowest BCUT2D eigenvalue weighted by Crippen LogP contribution is -2.58. The van der Waals surface area contributed by atoms with Gasteiger partial charge in [-0.25, -0.2) is 0 Å². The Morgan fingerprint density at radius 1 is 0.929 bits per heavy atom. The van der Waals surface area contributed by atoms with Crippen molar-refractivity contribution in [2.24, 2.45) is 4.99 Å². The maximum atomic E-state index is 5.66.